The van der Waals surface area contributed by atoms with Crippen molar-refractivity contribution in [3.8, 4) is 0 Å². The van der Waals surface area contributed by atoms with Crippen molar-refractivity contribution in [1.29, 1.82) is 0 Å². The molecule has 6 heteroatoms. The van der Waals surface area contributed by atoms with Crippen LogP contribution in [0.4, 0.5) is 4.39 Å². The minimum absolute atomic E-state index is 0.00848. The number of carbonyl (C=O) groups is 1. The molecule has 1 N–H and O–H groups in total. The van der Waals surface area contributed by atoms with Crippen LogP contribution in [0.2, 0.25) is 5.15 Å². The number of hydrogen-bond donors (Lipinski definition) is 1. The highest BCUT2D eigenvalue weighted by Crippen LogP contribution is 2.14. The van der Waals surface area contributed by atoms with Gasteiger partial charge in [-0.05, 0) is 32.5 Å². The van der Waals surface area contributed by atoms with E-state index in [1.807, 2.05) is 14.1 Å². The first-order valence-corrected chi connectivity index (χ1v) is 6.94. The second kappa shape index (κ2) is 7.55. The number of carbonyl (C=O) groups excluding carboxylic acids is 1. The van der Waals surface area contributed by atoms with Crippen LogP contribution in [0.1, 0.15) is 30.6 Å². The van der Waals surface area contributed by atoms with Crippen LogP contribution in [0, 0.1) is 11.7 Å². The number of likely N-dealkylation sites (N-methyl/N-ethyl adjacent to an activating group) is 1. The third kappa shape index (κ3) is 5.06. The van der Waals surface area contributed by atoms with Crippen molar-refractivity contribution >= 4 is 17.5 Å². The third-order valence-electron chi connectivity index (χ3n) is 3.02. The lowest BCUT2D eigenvalue weighted by molar-refractivity contribution is 0.0938. The Hall–Kier alpha value is -1.20. The van der Waals surface area contributed by atoms with Gasteiger partial charge in [0, 0.05) is 12.6 Å². The Morgan fingerprint density at radius 1 is 1.50 bits per heavy atom. The van der Waals surface area contributed by atoms with E-state index in [1.54, 1.807) is 0 Å². The maximum atomic E-state index is 13.1. The van der Waals surface area contributed by atoms with Gasteiger partial charge in [-0.15, -0.1) is 0 Å². The molecule has 1 aromatic heterocycles. The van der Waals surface area contributed by atoms with Crippen molar-refractivity contribution in [1.82, 2.24) is 15.2 Å². The molecule has 1 rings (SSSR count). The summed E-state index contributed by atoms with van der Waals surface area (Å²) in [4.78, 5) is 17.7. The predicted octanol–water partition coefficient (Wildman–Crippen LogP) is 2.58. The largest absolute Gasteiger partial charge is 0.350 e. The van der Waals surface area contributed by atoms with Crippen LogP contribution in [0.15, 0.2) is 12.3 Å². The van der Waals surface area contributed by atoms with E-state index >= 15 is 0 Å². The first kappa shape index (κ1) is 16.9. The number of nitrogens with one attached hydrogen (secondary N) is 1. The molecule has 1 heterocycles. The molecule has 0 bridgehead atoms. The van der Waals surface area contributed by atoms with E-state index in [2.05, 4.69) is 29.0 Å². The number of rotatable bonds is 6. The molecule has 1 aromatic rings. The number of aromatic nitrogens is 1. The molecule has 0 radical (unpaired) electrons. The van der Waals surface area contributed by atoms with Gasteiger partial charge >= 0.3 is 0 Å². The van der Waals surface area contributed by atoms with Crippen LogP contribution in [-0.4, -0.2) is 42.5 Å². The summed E-state index contributed by atoms with van der Waals surface area (Å²) in [6, 6.07) is 1.32. The molecule has 0 aliphatic heterocycles. The fraction of sp³-hybridized carbons (Fsp3) is 0.571. The molecule has 4 nitrogen and oxygen atoms in total. The Balaban J connectivity index is 2.68. The van der Waals surface area contributed by atoms with E-state index in [0.717, 1.165) is 18.7 Å². The molecule has 1 atom stereocenters. The van der Waals surface area contributed by atoms with Gasteiger partial charge in [0.15, 0.2) is 0 Å². The zero-order valence-electron chi connectivity index (χ0n) is 12.3. The summed E-state index contributed by atoms with van der Waals surface area (Å²) in [7, 11) is 3.94. The van der Waals surface area contributed by atoms with Crippen molar-refractivity contribution < 1.29 is 9.18 Å². The zero-order valence-corrected chi connectivity index (χ0v) is 13.0. The van der Waals surface area contributed by atoms with E-state index in [9.17, 15) is 9.18 Å². The highest BCUT2D eigenvalue weighted by Gasteiger charge is 2.17. The molecule has 20 heavy (non-hydrogen) atoms. The lowest BCUT2D eigenvalue weighted by Gasteiger charge is -2.26. The maximum Gasteiger partial charge on any atom is 0.254 e. The Bertz CT molecular complexity index is 466. The van der Waals surface area contributed by atoms with Crippen LogP contribution >= 0.6 is 11.6 Å². The summed E-state index contributed by atoms with van der Waals surface area (Å²) >= 11 is 5.80. The van der Waals surface area contributed by atoms with Crippen LogP contribution < -0.4 is 5.32 Å². The van der Waals surface area contributed by atoms with Crippen molar-refractivity contribution in [3.05, 3.63) is 28.8 Å². The third-order valence-corrected chi connectivity index (χ3v) is 3.32. The minimum Gasteiger partial charge on any atom is -0.350 e. The standard InChI is InChI=1S/C14H21ClFN3O/c1-9(2)5-11(19(3)4)8-18-14(20)12-6-10(16)7-17-13(12)15/h6-7,9,11H,5,8H2,1-4H3,(H,18,20). The second-order valence-corrected chi connectivity index (χ2v) is 5.81. The Labute approximate surface area is 124 Å². The highest BCUT2D eigenvalue weighted by molar-refractivity contribution is 6.32. The van der Waals surface area contributed by atoms with Gasteiger partial charge in [0.25, 0.3) is 5.91 Å². The van der Waals surface area contributed by atoms with Gasteiger partial charge in [-0.3, -0.25) is 4.79 Å². The first-order valence-electron chi connectivity index (χ1n) is 6.57. The van der Waals surface area contributed by atoms with Crippen LogP contribution in [0.25, 0.3) is 0 Å². The van der Waals surface area contributed by atoms with Crippen molar-refractivity contribution in [2.45, 2.75) is 26.3 Å². The van der Waals surface area contributed by atoms with Crippen LogP contribution in [0.3, 0.4) is 0 Å². The molecule has 0 fully saturated rings. The zero-order chi connectivity index (χ0) is 15.3. The Morgan fingerprint density at radius 2 is 2.15 bits per heavy atom. The smallest absolute Gasteiger partial charge is 0.254 e. The van der Waals surface area contributed by atoms with Gasteiger partial charge < -0.3 is 10.2 Å². The molecule has 112 valence electrons. The number of pyridine rings is 1. The molecule has 1 unspecified atom stereocenters. The minimum atomic E-state index is -0.578. The molecule has 0 aliphatic carbocycles. The van der Waals surface area contributed by atoms with Gasteiger partial charge in [0.05, 0.1) is 11.8 Å². The van der Waals surface area contributed by atoms with Gasteiger partial charge in [0.1, 0.15) is 11.0 Å². The van der Waals surface area contributed by atoms with Gasteiger partial charge in [-0.25, -0.2) is 9.37 Å². The Morgan fingerprint density at radius 3 is 2.70 bits per heavy atom. The quantitative estimate of drug-likeness (QED) is 0.822. The molecular formula is C14H21ClFN3O. The first-order chi connectivity index (χ1) is 9.31. The summed E-state index contributed by atoms with van der Waals surface area (Å²) in [6.07, 6.45) is 1.95. The normalized spacial score (nSPS) is 12.8. The van der Waals surface area contributed by atoms with Gasteiger partial charge in [0.2, 0.25) is 0 Å². The van der Waals surface area contributed by atoms with Crippen molar-refractivity contribution in [2.75, 3.05) is 20.6 Å². The summed E-state index contributed by atoms with van der Waals surface area (Å²) in [5, 5.41) is 2.79. The van der Waals surface area contributed by atoms with E-state index in [0.29, 0.717) is 12.5 Å². The fourth-order valence-corrected chi connectivity index (χ4v) is 2.10. The summed E-state index contributed by atoms with van der Waals surface area (Å²) in [6.45, 7) is 4.74. The number of hydrogen-bond acceptors (Lipinski definition) is 3. The van der Waals surface area contributed by atoms with Crippen LogP contribution in [-0.2, 0) is 0 Å². The van der Waals surface area contributed by atoms with Crippen molar-refractivity contribution in [2.24, 2.45) is 5.92 Å². The second-order valence-electron chi connectivity index (χ2n) is 5.45. The Kier molecular flexibility index (Phi) is 6.36. The molecule has 0 spiro atoms. The lowest BCUT2D eigenvalue weighted by atomic mass is 10.0. The molecular weight excluding hydrogens is 281 g/mol. The topological polar surface area (TPSA) is 45.2 Å². The number of amides is 1. The molecule has 0 aromatic carbocycles. The van der Waals surface area contributed by atoms with Gasteiger partial charge in [-0.1, -0.05) is 25.4 Å². The predicted molar refractivity (Wildman–Crippen MR) is 78.5 cm³/mol. The molecule has 0 aliphatic rings. The molecule has 1 amide bonds. The molecule has 0 saturated heterocycles. The average molecular weight is 302 g/mol. The van der Waals surface area contributed by atoms with E-state index in [4.69, 9.17) is 11.6 Å². The van der Waals surface area contributed by atoms with Gasteiger partial charge in [-0.2, -0.15) is 0 Å². The maximum absolute atomic E-state index is 13.1. The number of nitrogens with zero attached hydrogens (tertiary/aromatic N) is 2. The average Bonchev–Trinajstić information content (AvgIpc) is 2.36. The number of halogens is 2. The van der Waals surface area contributed by atoms with E-state index in [1.165, 1.54) is 0 Å². The lowest BCUT2D eigenvalue weighted by Crippen LogP contribution is -2.41. The van der Waals surface area contributed by atoms with E-state index in [-0.39, 0.29) is 16.8 Å². The van der Waals surface area contributed by atoms with Crippen LogP contribution in [0.5, 0.6) is 0 Å². The monoisotopic (exact) mass is 301 g/mol. The van der Waals surface area contributed by atoms with E-state index < -0.39 is 11.7 Å². The summed E-state index contributed by atoms with van der Waals surface area (Å²) in [5.74, 6) is -0.456. The molecule has 0 saturated carbocycles. The fourth-order valence-electron chi connectivity index (χ4n) is 1.91. The SMILES string of the molecule is CC(C)CC(CNC(=O)c1cc(F)cnc1Cl)N(C)C. The highest BCUT2D eigenvalue weighted by atomic mass is 35.5. The summed E-state index contributed by atoms with van der Waals surface area (Å²) < 4.78 is 13.1. The van der Waals surface area contributed by atoms with Crippen molar-refractivity contribution in [3.63, 3.8) is 0 Å². The summed E-state index contributed by atoms with van der Waals surface area (Å²) in [5.41, 5.74) is 0.0636.